The molecular weight excluding hydrogens is 376 g/mol. The smallest absolute Gasteiger partial charge is 0.244 e. The molecule has 28 heavy (non-hydrogen) atoms. The maximum absolute atomic E-state index is 12.9. The molecule has 0 aliphatic carbocycles. The molecule has 1 aromatic carbocycles. The molecular formula is C19H18N6O2S. The lowest BCUT2D eigenvalue weighted by molar-refractivity contribution is 0.309. The number of rotatable bonds is 4. The Balaban J connectivity index is 1.54. The van der Waals surface area contributed by atoms with Crippen LogP contribution in [0.2, 0.25) is 0 Å². The van der Waals surface area contributed by atoms with Gasteiger partial charge in [-0.1, -0.05) is 30.3 Å². The first-order chi connectivity index (χ1) is 13.6. The molecule has 3 aromatic rings. The maximum atomic E-state index is 12.9. The second-order valence-electron chi connectivity index (χ2n) is 6.60. The van der Waals surface area contributed by atoms with E-state index in [1.807, 2.05) is 36.4 Å². The zero-order valence-corrected chi connectivity index (χ0v) is 15.8. The summed E-state index contributed by atoms with van der Waals surface area (Å²) in [7, 11) is -3.67. The molecule has 0 saturated carbocycles. The van der Waals surface area contributed by atoms with E-state index in [4.69, 9.17) is 5.26 Å². The van der Waals surface area contributed by atoms with Gasteiger partial charge in [-0.05, 0) is 25.0 Å². The second kappa shape index (κ2) is 7.50. The van der Waals surface area contributed by atoms with Gasteiger partial charge in [0.1, 0.15) is 22.5 Å². The van der Waals surface area contributed by atoms with Crippen LogP contribution in [0.15, 0.2) is 53.6 Å². The lowest BCUT2D eigenvalue weighted by Gasteiger charge is -2.30. The van der Waals surface area contributed by atoms with Gasteiger partial charge in [-0.2, -0.15) is 14.7 Å². The number of piperidine rings is 1. The van der Waals surface area contributed by atoms with E-state index in [0.29, 0.717) is 24.7 Å². The summed E-state index contributed by atoms with van der Waals surface area (Å²) in [6, 6.07) is 14.4. The minimum Gasteiger partial charge on any atom is -0.262 e. The molecule has 0 spiro atoms. The first kappa shape index (κ1) is 18.3. The van der Waals surface area contributed by atoms with Gasteiger partial charge in [-0.25, -0.2) is 18.4 Å². The number of nitrogens with one attached hydrogen (secondary N) is 1. The molecule has 8 nitrogen and oxygen atoms in total. The van der Waals surface area contributed by atoms with Gasteiger partial charge in [0.25, 0.3) is 0 Å². The van der Waals surface area contributed by atoms with Crippen LogP contribution in [0.1, 0.15) is 30.3 Å². The van der Waals surface area contributed by atoms with Crippen LogP contribution in [0.4, 0.5) is 0 Å². The first-order valence-corrected chi connectivity index (χ1v) is 10.4. The molecule has 0 amide bonds. The third-order valence-corrected chi connectivity index (χ3v) is 6.64. The molecule has 0 radical (unpaired) electrons. The molecule has 1 aliphatic rings. The molecule has 3 heterocycles. The van der Waals surface area contributed by atoms with Crippen molar-refractivity contribution in [3.8, 4) is 17.5 Å². The Morgan fingerprint density at radius 2 is 2.00 bits per heavy atom. The molecule has 1 fully saturated rings. The standard InChI is InChI=1S/C19H18N6O2S/c20-11-16-8-9-17(12-21-16)28(26,27)25-10-4-7-15(13-25)19-22-18(23-24-19)14-5-2-1-3-6-14/h1-3,5-6,8-9,12,15H,4,7,10,13H2,(H,22,23,24)/t15-/m0/s1. The van der Waals surface area contributed by atoms with Crippen LogP contribution in [0.5, 0.6) is 0 Å². The van der Waals surface area contributed by atoms with Gasteiger partial charge >= 0.3 is 0 Å². The maximum Gasteiger partial charge on any atom is 0.244 e. The van der Waals surface area contributed by atoms with Crippen molar-refractivity contribution in [1.29, 1.82) is 5.26 Å². The monoisotopic (exact) mass is 394 g/mol. The summed E-state index contributed by atoms with van der Waals surface area (Å²) in [4.78, 5) is 8.55. The largest absolute Gasteiger partial charge is 0.262 e. The number of H-pyrrole nitrogens is 1. The lowest BCUT2D eigenvalue weighted by atomic mass is 9.99. The van der Waals surface area contributed by atoms with Crippen molar-refractivity contribution < 1.29 is 8.42 Å². The van der Waals surface area contributed by atoms with Crippen molar-refractivity contribution in [3.05, 3.63) is 60.2 Å². The van der Waals surface area contributed by atoms with Crippen LogP contribution in [0, 0.1) is 11.3 Å². The number of nitriles is 1. The van der Waals surface area contributed by atoms with Crippen LogP contribution in [-0.4, -0.2) is 46.0 Å². The van der Waals surface area contributed by atoms with E-state index >= 15 is 0 Å². The minimum atomic E-state index is -3.67. The van der Waals surface area contributed by atoms with E-state index in [1.54, 1.807) is 0 Å². The lowest BCUT2D eigenvalue weighted by Crippen LogP contribution is -2.39. The normalized spacial score (nSPS) is 17.9. The number of pyridine rings is 1. The van der Waals surface area contributed by atoms with Crippen LogP contribution in [0.3, 0.4) is 0 Å². The Hall–Kier alpha value is -3.09. The zero-order valence-electron chi connectivity index (χ0n) is 15.0. The molecule has 1 aliphatic heterocycles. The Morgan fingerprint density at radius 1 is 1.18 bits per heavy atom. The van der Waals surface area contributed by atoms with E-state index in [-0.39, 0.29) is 16.5 Å². The Kier molecular flexibility index (Phi) is 4.90. The van der Waals surface area contributed by atoms with E-state index in [9.17, 15) is 8.42 Å². The highest BCUT2D eigenvalue weighted by molar-refractivity contribution is 7.89. The summed E-state index contributed by atoms with van der Waals surface area (Å²) in [5.41, 5.74) is 1.10. The molecule has 2 aromatic heterocycles. The van der Waals surface area contributed by atoms with Gasteiger partial charge in [0.05, 0.1) is 0 Å². The topological polar surface area (TPSA) is 116 Å². The average molecular weight is 394 g/mol. The Morgan fingerprint density at radius 3 is 2.71 bits per heavy atom. The van der Waals surface area contributed by atoms with Crippen LogP contribution in [0.25, 0.3) is 11.4 Å². The fourth-order valence-corrected chi connectivity index (χ4v) is 4.77. The predicted octanol–water partition coefficient (Wildman–Crippen LogP) is 2.31. The van der Waals surface area contributed by atoms with Crippen molar-refractivity contribution in [2.75, 3.05) is 13.1 Å². The number of hydrogen-bond acceptors (Lipinski definition) is 6. The molecule has 9 heteroatoms. The summed E-state index contributed by atoms with van der Waals surface area (Å²) in [6.07, 6.45) is 2.80. The SMILES string of the molecule is N#Cc1ccc(S(=O)(=O)N2CCC[C@H](c3nc(-c4ccccc4)n[nH]3)C2)cn1. The van der Waals surface area contributed by atoms with Gasteiger partial charge in [0.2, 0.25) is 10.0 Å². The third kappa shape index (κ3) is 3.52. The molecule has 1 atom stereocenters. The number of aromatic nitrogens is 4. The fraction of sp³-hybridized carbons (Fsp3) is 0.263. The molecule has 142 valence electrons. The van der Waals surface area contributed by atoms with Crippen LogP contribution < -0.4 is 0 Å². The van der Waals surface area contributed by atoms with E-state index in [2.05, 4.69) is 20.2 Å². The summed E-state index contributed by atoms with van der Waals surface area (Å²) in [6.45, 7) is 0.768. The Labute approximate surface area is 162 Å². The summed E-state index contributed by atoms with van der Waals surface area (Å²) < 4.78 is 27.3. The van der Waals surface area contributed by atoms with E-state index in [1.165, 1.54) is 22.6 Å². The first-order valence-electron chi connectivity index (χ1n) is 8.92. The fourth-order valence-electron chi connectivity index (χ4n) is 3.31. The van der Waals surface area contributed by atoms with Gasteiger partial charge < -0.3 is 0 Å². The highest BCUT2D eigenvalue weighted by Crippen LogP contribution is 2.29. The summed E-state index contributed by atoms with van der Waals surface area (Å²) in [5, 5.41) is 16.1. The predicted molar refractivity (Wildman–Crippen MR) is 102 cm³/mol. The van der Waals surface area contributed by atoms with E-state index < -0.39 is 10.0 Å². The highest BCUT2D eigenvalue weighted by Gasteiger charge is 2.32. The van der Waals surface area contributed by atoms with Gasteiger partial charge in [-0.3, -0.25) is 5.10 Å². The quantitative estimate of drug-likeness (QED) is 0.726. The molecule has 4 rings (SSSR count). The van der Waals surface area contributed by atoms with Crippen molar-refractivity contribution in [2.45, 2.75) is 23.7 Å². The molecule has 1 saturated heterocycles. The number of nitrogens with zero attached hydrogens (tertiary/aromatic N) is 5. The van der Waals surface area contributed by atoms with Crippen molar-refractivity contribution in [2.24, 2.45) is 0 Å². The minimum absolute atomic E-state index is 0.0557. The van der Waals surface area contributed by atoms with Gasteiger partial charge in [-0.15, -0.1) is 0 Å². The average Bonchev–Trinajstić information content (AvgIpc) is 3.25. The Bertz CT molecular complexity index is 1100. The van der Waals surface area contributed by atoms with Crippen molar-refractivity contribution in [1.82, 2.24) is 24.5 Å². The number of benzene rings is 1. The zero-order chi connectivity index (χ0) is 19.6. The van der Waals surface area contributed by atoms with Crippen molar-refractivity contribution in [3.63, 3.8) is 0 Å². The third-order valence-electron chi connectivity index (χ3n) is 4.79. The number of hydrogen-bond donors (Lipinski definition) is 1. The van der Waals surface area contributed by atoms with Gasteiger partial charge in [0, 0.05) is 30.8 Å². The molecule has 1 N–H and O–H groups in total. The van der Waals surface area contributed by atoms with Crippen molar-refractivity contribution >= 4 is 10.0 Å². The molecule has 0 bridgehead atoms. The van der Waals surface area contributed by atoms with Crippen LogP contribution in [-0.2, 0) is 10.0 Å². The van der Waals surface area contributed by atoms with Gasteiger partial charge in [0.15, 0.2) is 5.82 Å². The number of aromatic amines is 1. The number of sulfonamides is 1. The summed E-state index contributed by atoms with van der Waals surface area (Å²) >= 11 is 0. The van der Waals surface area contributed by atoms with E-state index in [0.717, 1.165) is 18.4 Å². The highest BCUT2D eigenvalue weighted by atomic mass is 32.2. The second-order valence-corrected chi connectivity index (χ2v) is 8.54. The molecule has 0 unspecified atom stereocenters. The summed E-state index contributed by atoms with van der Waals surface area (Å²) in [5.74, 6) is 1.24. The van der Waals surface area contributed by atoms with Crippen LogP contribution >= 0.6 is 0 Å².